The Kier molecular flexibility index (Phi) is 3.54. The molecule has 4 heteroatoms. The van der Waals surface area contributed by atoms with E-state index in [0.29, 0.717) is 18.5 Å². The van der Waals surface area contributed by atoms with Crippen LogP contribution in [0.15, 0.2) is 42.7 Å². The number of rotatable bonds is 4. The number of nitrogens with zero attached hydrogens (tertiary/aromatic N) is 2. The van der Waals surface area contributed by atoms with Crippen LogP contribution in [0.1, 0.15) is 30.0 Å². The summed E-state index contributed by atoms with van der Waals surface area (Å²) in [6.45, 7) is 2.05. The van der Waals surface area contributed by atoms with Crippen molar-refractivity contribution in [2.24, 2.45) is 0 Å². The van der Waals surface area contributed by atoms with Gasteiger partial charge in [-0.1, -0.05) is 29.8 Å². The largest absolute Gasteiger partial charge is 0.353 e. The van der Waals surface area contributed by atoms with Gasteiger partial charge in [0.1, 0.15) is 0 Å². The summed E-state index contributed by atoms with van der Waals surface area (Å²) in [5, 5.41) is 7.32. The van der Waals surface area contributed by atoms with Gasteiger partial charge >= 0.3 is 0 Å². The van der Waals surface area contributed by atoms with Crippen LogP contribution in [-0.2, 0) is 11.2 Å². The molecule has 0 bridgehead atoms. The average molecular weight is 269 g/mol. The first-order chi connectivity index (χ1) is 9.70. The van der Waals surface area contributed by atoms with Gasteiger partial charge in [0.25, 0.3) is 0 Å². The van der Waals surface area contributed by atoms with Crippen LogP contribution < -0.4 is 5.32 Å². The third-order valence-corrected chi connectivity index (χ3v) is 3.86. The molecule has 1 aromatic carbocycles. The topological polar surface area (TPSA) is 46.9 Å². The molecule has 1 aliphatic carbocycles. The van der Waals surface area contributed by atoms with Gasteiger partial charge in [-0.15, -0.1) is 0 Å². The van der Waals surface area contributed by atoms with E-state index in [4.69, 9.17) is 0 Å². The average Bonchev–Trinajstić information content (AvgIpc) is 2.89. The van der Waals surface area contributed by atoms with E-state index in [1.807, 2.05) is 48.1 Å². The highest BCUT2D eigenvalue weighted by atomic mass is 16.1. The first-order valence-corrected chi connectivity index (χ1v) is 7.05. The van der Waals surface area contributed by atoms with Crippen LogP contribution in [0.4, 0.5) is 0 Å². The molecule has 1 amide bonds. The summed E-state index contributed by atoms with van der Waals surface area (Å²) >= 11 is 0. The van der Waals surface area contributed by atoms with Gasteiger partial charge in [0.2, 0.25) is 5.91 Å². The number of carbonyl (C=O) groups is 1. The lowest BCUT2D eigenvalue weighted by molar-refractivity contribution is -0.121. The van der Waals surface area contributed by atoms with Crippen LogP contribution in [-0.4, -0.2) is 21.7 Å². The molecule has 4 nitrogen and oxygen atoms in total. The second-order valence-electron chi connectivity index (χ2n) is 5.54. The van der Waals surface area contributed by atoms with Crippen molar-refractivity contribution in [2.75, 3.05) is 0 Å². The van der Waals surface area contributed by atoms with Gasteiger partial charge in [0.15, 0.2) is 0 Å². The Morgan fingerprint density at radius 3 is 2.75 bits per heavy atom. The van der Waals surface area contributed by atoms with Crippen molar-refractivity contribution < 1.29 is 4.79 Å². The maximum atomic E-state index is 12.0. The third kappa shape index (κ3) is 2.90. The summed E-state index contributed by atoms with van der Waals surface area (Å²) in [5.74, 6) is 0.109. The normalized spacial score (nSPS) is 21.2. The molecule has 0 atom stereocenters. The van der Waals surface area contributed by atoms with Crippen LogP contribution in [0.3, 0.4) is 0 Å². The molecule has 1 aromatic heterocycles. The summed E-state index contributed by atoms with van der Waals surface area (Å²) in [4.78, 5) is 12.0. The van der Waals surface area contributed by atoms with Crippen molar-refractivity contribution in [3.8, 4) is 0 Å². The van der Waals surface area contributed by atoms with E-state index in [1.165, 1.54) is 5.56 Å². The Morgan fingerprint density at radius 1 is 1.35 bits per heavy atom. The fraction of sp³-hybridized carbons (Fsp3) is 0.375. The van der Waals surface area contributed by atoms with Crippen molar-refractivity contribution in [3.05, 3.63) is 53.9 Å². The molecular formula is C16H19N3O. The highest BCUT2D eigenvalue weighted by Gasteiger charge is 2.31. The fourth-order valence-electron chi connectivity index (χ4n) is 2.59. The van der Waals surface area contributed by atoms with Crippen LogP contribution in [0, 0.1) is 6.92 Å². The Bertz CT molecular complexity index is 568. The molecule has 1 heterocycles. The van der Waals surface area contributed by atoms with E-state index < -0.39 is 0 Å². The van der Waals surface area contributed by atoms with Gasteiger partial charge in [-0.2, -0.15) is 5.10 Å². The quantitative estimate of drug-likeness (QED) is 0.925. The highest BCUT2D eigenvalue weighted by Crippen LogP contribution is 2.31. The van der Waals surface area contributed by atoms with E-state index in [-0.39, 0.29) is 5.91 Å². The molecule has 1 saturated carbocycles. The number of hydrogen-bond donors (Lipinski definition) is 1. The lowest BCUT2D eigenvalue weighted by Gasteiger charge is -2.35. The Hall–Kier alpha value is -2.10. The van der Waals surface area contributed by atoms with Crippen LogP contribution in [0.2, 0.25) is 0 Å². The maximum absolute atomic E-state index is 12.0. The third-order valence-electron chi connectivity index (χ3n) is 3.86. The Labute approximate surface area is 118 Å². The van der Waals surface area contributed by atoms with Gasteiger partial charge in [0, 0.05) is 18.4 Å². The predicted octanol–water partition coefficient (Wildman–Crippen LogP) is 2.25. The van der Waals surface area contributed by atoms with Gasteiger partial charge in [-0.25, -0.2) is 0 Å². The van der Waals surface area contributed by atoms with Crippen LogP contribution in [0.25, 0.3) is 0 Å². The first kappa shape index (κ1) is 12.9. The van der Waals surface area contributed by atoms with Crippen molar-refractivity contribution in [2.45, 2.75) is 38.3 Å². The molecule has 2 aromatic rings. The number of nitrogens with one attached hydrogen (secondary N) is 1. The molecular weight excluding hydrogens is 250 g/mol. The Morgan fingerprint density at radius 2 is 2.10 bits per heavy atom. The number of aromatic nitrogens is 2. The minimum atomic E-state index is 0.109. The van der Waals surface area contributed by atoms with Gasteiger partial charge in [-0.05, 0) is 31.4 Å². The summed E-state index contributed by atoms with van der Waals surface area (Å²) in [6.07, 6.45) is 6.18. The minimum absolute atomic E-state index is 0.109. The summed E-state index contributed by atoms with van der Waals surface area (Å²) in [6, 6.07) is 10.8. The van der Waals surface area contributed by atoms with E-state index in [9.17, 15) is 4.79 Å². The smallest absolute Gasteiger partial charge is 0.224 e. The van der Waals surface area contributed by atoms with Crippen molar-refractivity contribution in [3.63, 3.8) is 0 Å². The zero-order valence-corrected chi connectivity index (χ0v) is 11.6. The summed E-state index contributed by atoms with van der Waals surface area (Å²) < 4.78 is 1.97. The molecule has 1 N–H and O–H groups in total. The molecule has 104 valence electrons. The lowest BCUT2D eigenvalue weighted by Crippen LogP contribution is -2.45. The molecule has 0 aliphatic heterocycles. The molecule has 0 unspecified atom stereocenters. The monoisotopic (exact) mass is 269 g/mol. The number of aryl methyl sites for hydroxylation is 1. The maximum Gasteiger partial charge on any atom is 0.224 e. The van der Waals surface area contributed by atoms with Gasteiger partial charge < -0.3 is 5.32 Å². The Balaban J connectivity index is 1.45. The standard InChI is InChI=1S/C16H19N3O/c1-12-3-5-13(6-4-12)9-16(20)18-14-10-15(11-14)19-8-2-7-17-19/h2-8,14-15H,9-11H2,1H3,(H,18,20). The van der Waals surface area contributed by atoms with Gasteiger partial charge in [0.05, 0.1) is 12.5 Å². The number of amides is 1. The molecule has 3 rings (SSSR count). The van der Waals surface area contributed by atoms with Gasteiger partial charge in [-0.3, -0.25) is 9.48 Å². The number of carbonyl (C=O) groups excluding carboxylic acids is 1. The highest BCUT2D eigenvalue weighted by molar-refractivity contribution is 5.79. The first-order valence-electron chi connectivity index (χ1n) is 7.05. The zero-order chi connectivity index (χ0) is 13.9. The zero-order valence-electron chi connectivity index (χ0n) is 11.6. The van der Waals surface area contributed by atoms with Crippen LogP contribution >= 0.6 is 0 Å². The predicted molar refractivity (Wildman–Crippen MR) is 77.3 cm³/mol. The molecule has 1 fully saturated rings. The number of hydrogen-bond acceptors (Lipinski definition) is 2. The van der Waals surface area contributed by atoms with Crippen molar-refractivity contribution in [1.82, 2.24) is 15.1 Å². The molecule has 1 aliphatic rings. The van der Waals surface area contributed by atoms with E-state index in [0.717, 1.165) is 18.4 Å². The fourth-order valence-corrected chi connectivity index (χ4v) is 2.59. The lowest BCUT2D eigenvalue weighted by atomic mass is 9.86. The summed E-state index contributed by atoms with van der Waals surface area (Å²) in [5.41, 5.74) is 2.28. The van der Waals surface area contributed by atoms with E-state index in [1.54, 1.807) is 6.20 Å². The summed E-state index contributed by atoms with van der Waals surface area (Å²) in [7, 11) is 0. The minimum Gasteiger partial charge on any atom is -0.353 e. The van der Waals surface area contributed by atoms with Crippen molar-refractivity contribution in [1.29, 1.82) is 0 Å². The molecule has 0 radical (unpaired) electrons. The van der Waals surface area contributed by atoms with Crippen LogP contribution in [0.5, 0.6) is 0 Å². The van der Waals surface area contributed by atoms with Crippen molar-refractivity contribution >= 4 is 5.91 Å². The molecule has 0 spiro atoms. The molecule has 0 saturated heterocycles. The second-order valence-corrected chi connectivity index (χ2v) is 5.54. The van der Waals surface area contributed by atoms with E-state index >= 15 is 0 Å². The molecule has 20 heavy (non-hydrogen) atoms. The van der Waals surface area contributed by atoms with E-state index in [2.05, 4.69) is 10.4 Å². The second kappa shape index (κ2) is 5.49. The number of benzene rings is 1. The SMILES string of the molecule is Cc1ccc(CC(=O)NC2CC(n3cccn3)C2)cc1.